The summed E-state index contributed by atoms with van der Waals surface area (Å²) in [5.41, 5.74) is 0. The predicted molar refractivity (Wildman–Crippen MR) is 70.3 cm³/mol. The van der Waals surface area contributed by atoms with Crippen LogP contribution in [0.4, 0.5) is 0 Å². The van der Waals surface area contributed by atoms with Gasteiger partial charge in [0.25, 0.3) is 0 Å². The topological polar surface area (TPSA) is 43.8 Å². The highest BCUT2D eigenvalue weighted by molar-refractivity contribution is 5.73. The molecule has 0 aromatic rings. The maximum absolute atomic E-state index is 11.2. The molecule has 2 fully saturated rings. The van der Waals surface area contributed by atoms with E-state index in [0.29, 0.717) is 6.04 Å². The van der Waals surface area contributed by atoms with Crippen molar-refractivity contribution in [1.82, 2.24) is 9.80 Å². The fraction of sp³-hybridized carbons (Fsp3) is 0.786. The number of hydrogen-bond acceptors (Lipinski definition) is 3. The molecule has 1 atom stereocenters. The summed E-state index contributed by atoms with van der Waals surface area (Å²) in [6, 6.07) is 0.211. The molecular weight excluding hydrogens is 228 g/mol. The van der Waals surface area contributed by atoms with Crippen molar-refractivity contribution >= 4 is 5.97 Å². The minimum atomic E-state index is -0.651. The molecule has 2 aliphatic heterocycles. The van der Waals surface area contributed by atoms with Crippen LogP contribution in [0.2, 0.25) is 0 Å². The van der Waals surface area contributed by atoms with E-state index in [1.54, 1.807) is 0 Å². The third-order valence-corrected chi connectivity index (χ3v) is 4.18. The zero-order chi connectivity index (χ0) is 13.0. The Balaban J connectivity index is 1.82. The molecule has 100 valence electrons. The molecule has 2 heterocycles. The van der Waals surface area contributed by atoms with Crippen LogP contribution in [0.3, 0.4) is 0 Å². The molecule has 1 unspecified atom stereocenters. The van der Waals surface area contributed by atoms with Crippen LogP contribution in [-0.2, 0) is 4.79 Å². The number of terminal acetylenes is 1. The third kappa shape index (κ3) is 3.04. The van der Waals surface area contributed by atoms with Gasteiger partial charge in [0.15, 0.2) is 0 Å². The number of piperidine rings is 1. The lowest BCUT2D eigenvalue weighted by molar-refractivity contribution is -0.143. The molecule has 2 saturated heterocycles. The van der Waals surface area contributed by atoms with Crippen molar-refractivity contribution in [2.75, 3.05) is 26.2 Å². The number of rotatable bonds is 4. The Morgan fingerprint density at radius 1 is 1.28 bits per heavy atom. The Morgan fingerprint density at radius 3 is 2.61 bits per heavy atom. The molecule has 2 aliphatic rings. The first-order valence-corrected chi connectivity index (χ1v) is 6.86. The Bertz CT molecular complexity index is 329. The van der Waals surface area contributed by atoms with E-state index in [1.807, 2.05) is 0 Å². The van der Waals surface area contributed by atoms with Crippen LogP contribution >= 0.6 is 0 Å². The maximum atomic E-state index is 11.2. The van der Waals surface area contributed by atoms with Crippen LogP contribution in [-0.4, -0.2) is 59.1 Å². The predicted octanol–water partition coefficient (Wildman–Crippen LogP) is 1.02. The molecule has 2 rings (SSSR count). The number of hydrogen-bond donors (Lipinski definition) is 1. The van der Waals surface area contributed by atoms with Crippen molar-refractivity contribution in [2.45, 2.75) is 44.2 Å². The average Bonchev–Trinajstić information content (AvgIpc) is 2.86. The van der Waals surface area contributed by atoms with Crippen LogP contribution in [0, 0.1) is 12.3 Å². The molecular formula is C14H22N2O2. The summed E-state index contributed by atoms with van der Waals surface area (Å²) in [6.07, 6.45) is 10.1. The number of nitrogens with zero attached hydrogens (tertiary/aromatic N) is 2. The van der Waals surface area contributed by atoms with Crippen molar-refractivity contribution in [3.63, 3.8) is 0 Å². The van der Waals surface area contributed by atoms with Gasteiger partial charge in [0, 0.05) is 19.0 Å². The van der Waals surface area contributed by atoms with E-state index in [4.69, 9.17) is 6.42 Å². The molecule has 0 aromatic carbocycles. The zero-order valence-corrected chi connectivity index (χ0v) is 10.8. The largest absolute Gasteiger partial charge is 0.480 e. The quantitative estimate of drug-likeness (QED) is 0.757. The van der Waals surface area contributed by atoms with Crippen molar-refractivity contribution in [1.29, 1.82) is 0 Å². The van der Waals surface area contributed by atoms with Crippen LogP contribution < -0.4 is 0 Å². The normalized spacial score (nSPS) is 27.2. The zero-order valence-electron chi connectivity index (χ0n) is 10.8. The van der Waals surface area contributed by atoms with E-state index in [0.717, 1.165) is 58.3 Å². The van der Waals surface area contributed by atoms with Gasteiger partial charge in [0.05, 0.1) is 0 Å². The van der Waals surface area contributed by atoms with E-state index in [9.17, 15) is 9.90 Å². The highest BCUT2D eigenvalue weighted by Gasteiger charge is 2.36. The lowest BCUT2D eigenvalue weighted by Crippen LogP contribution is -2.48. The molecule has 18 heavy (non-hydrogen) atoms. The highest BCUT2D eigenvalue weighted by Crippen LogP contribution is 2.26. The maximum Gasteiger partial charge on any atom is 0.320 e. The van der Waals surface area contributed by atoms with Crippen LogP contribution in [0.5, 0.6) is 0 Å². The fourth-order valence-electron chi connectivity index (χ4n) is 3.19. The van der Waals surface area contributed by atoms with Crippen LogP contribution in [0.15, 0.2) is 0 Å². The van der Waals surface area contributed by atoms with Gasteiger partial charge in [-0.25, -0.2) is 0 Å². The lowest BCUT2D eigenvalue weighted by Gasteiger charge is -2.38. The number of likely N-dealkylation sites (tertiary alicyclic amines) is 2. The van der Waals surface area contributed by atoms with Crippen LogP contribution in [0.25, 0.3) is 0 Å². The second kappa shape index (κ2) is 6.21. The van der Waals surface area contributed by atoms with E-state index in [1.165, 1.54) is 0 Å². The summed E-state index contributed by atoms with van der Waals surface area (Å²) < 4.78 is 0. The van der Waals surface area contributed by atoms with Crippen molar-refractivity contribution in [2.24, 2.45) is 0 Å². The van der Waals surface area contributed by atoms with Gasteiger partial charge in [-0.15, -0.1) is 12.3 Å². The average molecular weight is 250 g/mol. The van der Waals surface area contributed by atoms with Gasteiger partial charge in [0.2, 0.25) is 0 Å². The lowest BCUT2D eigenvalue weighted by atomic mass is 10.0. The van der Waals surface area contributed by atoms with Gasteiger partial charge in [-0.05, 0) is 45.3 Å². The second-order valence-corrected chi connectivity index (χ2v) is 5.26. The SMILES string of the molecule is C#CCCN1CCC(N2CCCC2C(=O)O)CC1. The number of aliphatic carboxylic acids is 1. The minimum absolute atomic E-state index is 0.243. The Kier molecular flexibility index (Phi) is 4.62. The van der Waals surface area contributed by atoms with E-state index >= 15 is 0 Å². The first-order chi connectivity index (χ1) is 8.72. The van der Waals surface area contributed by atoms with Gasteiger partial charge in [-0.1, -0.05) is 0 Å². The van der Waals surface area contributed by atoms with Gasteiger partial charge in [-0.2, -0.15) is 0 Å². The molecule has 0 aromatic heterocycles. The van der Waals surface area contributed by atoms with Gasteiger partial charge in [0.1, 0.15) is 6.04 Å². The van der Waals surface area contributed by atoms with Crippen LogP contribution in [0.1, 0.15) is 32.1 Å². The summed E-state index contributed by atoms with van der Waals surface area (Å²) in [7, 11) is 0. The molecule has 0 aliphatic carbocycles. The first kappa shape index (κ1) is 13.4. The Hall–Kier alpha value is -1.05. The Labute approximate surface area is 109 Å². The molecule has 0 saturated carbocycles. The summed E-state index contributed by atoms with van der Waals surface area (Å²) in [5.74, 6) is 2.02. The number of carbonyl (C=O) groups is 1. The van der Waals surface area contributed by atoms with Crippen molar-refractivity contribution < 1.29 is 9.90 Å². The Morgan fingerprint density at radius 2 is 2.00 bits per heavy atom. The van der Waals surface area contributed by atoms with Crippen molar-refractivity contribution in [3.8, 4) is 12.3 Å². The van der Waals surface area contributed by atoms with Crippen molar-refractivity contribution in [3.05, 3.63) is 0 Å². The second-order valence-electron chi connectivity index (χ2n) is 5.26. The molecule has 0 radical (unpaired) electrons. The summed E-state index contributed by atoms with van der Waals surface area (Å²) in [4.78, 5) is 15.8. The molecule has 0 bridgehead atoms. The fourth-order valence-corrected chi connectivity index (χ4v) is 3.19. The molecule has 4 heteroatoms. The summed E-state index contributed by atoms with van der Waals surface area (Å²) in [5, 5.41) is 9.21. The standard InChI is InChI=1S/C14H22N2O2/c1-2-3-8-15-10-6-12(7-11-15)16-9-4-5-13(16)14(17)18/h1,12-13H,3-11H2,(H,17,18). The monoisotopic (exact) mass is 250 g/mol. The molecule has 0 spiro atoms. The number of carboxylic acids is 1. The molecule has 1 N–H and O–H groups in total. The molecule has 0 amide bonds. The number of carboxylic acid groups (broad SMARTS) is 1. The van der Waals surface area contributed by atoms with Gasteiger partial charge >= 0.3 is 5.97 Å². The molecule has 4 nitrogen and oxygen atoms in total. The van der Waals surface area contributed by atoms with Gasteiger partial charge in [-0.3, -0.25) is 9.69 Å². The highest BCUT2D eigenvalue weighted by atomic mass is 16.4. The van der Waals surface area contributed by atoms with E-state index in [-0.39, 0.29) is 6.04 Å². The summed E-state index contributed by atoms with van der Waals surface area (Å²) in [6.45, 7) is 4.03. The minimum Gasteiger partial charge on any atom is -0.480 e. The van der Waals surface area contributed by atoms with E-state index < -0.39 is 5.97 Å². The third-order valence-electron chi connectivity index (χ3n) is 4.18. The first-order valence-electron chi connectivity index (χ1n) is 6.86. The summed E-state index contributed by atoms with van der Waals surface area (Å²) >= 11 is 0. The van der Waals surface area contributed by atoms with Gasteiger partial charge < -0.3 is 10.0 Å². The smallest absolute Gasteiger partial charge is 0.320 e. The van der Waals surface area contributed by atoms with E-state index in [2.05, 4.69) is 15.7 Å².